The first-order chi connectivity index (χ1) is 16.0. The second kappa shape index (κ2) is 7.76. The molecule has 4 atom stereocenters. The smallest absolute Gasteiger partial charge is 0.260 e. The van der Waals surface area contributed by atoms with Gasteiger partial charge in [0.25, 0.3) is 5.56 Å². The molecule has 1 saturated carbocycles. The Hall–Kier alpha value is -3.07. The van der Waals surface area contributed by atoms with Crippen LogP contribution >= 0.6 is 0 Å². The molecule has 4 heterocycles. The van der Waals surface area contributed by atoms with Gasteiger partial charge in [-0.15, -0.1) is 10.2 Å². The summed E-state index contributed by atoms with van der Waals surface area (Å²) < 4.78 is 16.8. The fraction of sp³-hybridized carbons (Fsp3) is 0.500. The van der Waals surface area contributed by atoms with Gasteiger partial charge in [0, 0.05) is 36.8 Å². The number of piperidine rings is 2. The van der Waals surface area contributed by atoms with Gasteiger partial charge in [0.05, 0.1) is 29.0 Å². The lowest BCUT2D eigenvalue weighted by Crippen LogP contribution is -2.62. The number of alkyl halides is 1. The molecule has 2 N–H and O–H groups in total. The van der Waals surface area contributed by atoms with Gasteiger partial charge in [-0.1, -0.05) is 6.42 Å². The van der Waals surface area contributed by atoms with Crippen molar-refractivity contribution in [3.05, 3.63) is 40.9 Å². The van der Waals surface area contributed by atoms with Gasteiger partial charge in [-0.05, 0) is 50.3 Å². The largest absolute Gasteiger partial charge is 0.507 e. The average Bonchev–Trinajstić information content (AvgIpc) is 3.66. The van der Waals surface area contributed by atoms with Gasteiger partial charge in [0.1, 0.15) is 11.9 Å². The van der Waals surface area contributed by atoms with E-state index in [4.69, 9.17) is 0 Å². The van der Waals surface area contributed by atoms with Gasteiger partial charge in [0.15, 0.2) is 5.82 Å². The number of phenols is 1. The van der Waals surface area contributed by atoms with Crippen molar-refractivity contribution in [1.82, 2.24) is 25.1 Å². The second-order valence-electron chi connectivity index (χ2n) is 9.61. The van der Waals surface area contributed by atoms with E-state index in [1.807, 2.05) is 6.07 Å². The van der Waals surface area contributed by atoms with E-state index in [2.05, 4.69) is 25.4 Å². The summed E-state index contributed by atoms with van der Waals surface area (Å²) in [6.45, 7) is 0. The Morgan fingerprint density at radius 1 is 1.18 bits per heavy atom. The van der Waals surface area contributed by atoms with Crippen LogP contribution in [0.15, 0.2) is 35.4 Å². The van der Waals surface area contributed by atoms with Crippen molar-refractivity contribution in [3.8, 4) is 17.0 Å². The molecule has 0 amide bonds. The first kappa shape index (κ1) is 20.5. The molecule has 2 bridgehead atoms. The van der Waals surface area contributed by atoms with Gasteiger partial charge >= 0.3 is 0 Å². The van der Waals surface area contributed by atoms with E-state index in [1.54, 1.807) is 19.2 Å². The average molecular weight is 451 g/mol. The van der Waals surface area contributed by atoms with Crippen LogP contribution in [0, 0.1) is 0 Å². The van der Waals surface area contributed by atoms with Crippen molar-refractivity contribution >= 4 is 16.7 Å². The van der Waals surface area contributed by atoms with Crippen LogP contribution in [-0.4, -0.2) is 55.2 Å². The van der Waals surface area contributed by atoms with Gasteiger partial charge in [-0.2, -0.15) is 0 Å². The fourth-order valence-electron chi connectivity index (χ4n) is 5.49. The first-order valence-corrected chi connectivity index (χ1v) is 11.7. The Kier molecular flexibility index (Phi) is 4.83. The molecule has 1 aliphatic carbocycles. The Bertz CT molecular complexity index is 1260. The number of halogens is 1. The third-order valence-electron chi connectivity index (χ3n) is 7.32. The monoisotopic (exact) mass is 450 g/mol. The van der Waals surface area contributed by atoms with Crippen LogP contribution in [0.1, 0.15) is 38.5 Å². The van der Waals surface area contributed by atoms with Crippen LogP contribution in [0.5, 0.6) is 5.75 Å². The fourth-order valence-corrected chi connectivity index (χ4v) is 5.49. The maximum Gasteiger partial charge on any atom is 0.260 e. The highest BCUT2D eigenvalue weighted by Crippen LogP contribution is 2.40. The first-order valence-electron chi connectivity index (χ1n) is 11.7. The number of nitrogens with one attached hydrogen (secondary N) is 1. The van der Waals surface area contributed by atoms with Crippen LogP contribution in [0.4, 0.5) is 10.2 Å². The van der Waals surface area contributed by atoms with Gasteiger partial charge < -0.3 is 19.9 Å². The number of nitrogens with zero attached hydrogens (tertiary/aromatic N) is 5. The van der Waals surface area contributed by atoms with E-state index in [-0.39, 0.29) is 23.4 Å². The number of fused-ring (bicyclic) bond motifs is 3. The third kappa shape index (κ3) is 3.55. The van der Waals surface area contributed by atoms with E-state index in [0.717, 1.165) is 38.5 Å². The van der Waals surface area contributed by atoms with Crippen LogP contribution in [0.25, 0.3) is 22.2 Å². The molecule has 3 fully saturated rings. The number of aryl methyl sites for hydroxylation is 1. The van der Waals surface area contributed by atoms with E-state index in [0.29, 0.717) is 40.1 Å². The van der Waals surface area contributed by atoms with Crippen molar-refractivity contribution in [3.63, 3.8) is 0 Å². The van der Waals surface area contributed by atoms with Crippen molar-refractivity contribution < 1.29 is 9.50 Å². The molecule has 3 aliphatic rings. The number of hydrogen-bond donors (Lipinski definition) is 2. The van der Waals surface area contributed by atoms with Gasteiger partial charge in [-0.3, -0.25) is 4.79 Å². The standard InChI is InChI=1S/C24H27FN6O2/c1-30-12-26-19-11-21(32)15(10-16(19)24(30)33)17-7-8-22(29-28-17)31(14-5-6-14)20-9-13-3-2-4-18(27-13)23(20)25/h7-8,10-14,18,20,23,27,32H,2-6,9H2,1H3. The molecular formula is C24H27FN6O2. The molecule has 0 spiro atoms. The molecule has 6 rings (SSSR count). The molecule has 3 aromatic rings. The second-order valence-corrected chi connectivity index (χ2v) is 9.61. The third-order valence-corrected chi connectivity index (χ3v) is 7.32. The van der Waals surface area contributed by atoms with Crippen LogP contribution in [0.3, 0.4) is 0 Å². The maximum absolute atomic E-state index is 15.4. The summed E-state index contributed by atoms with van der Waals surface area (Å²) in [7, 11) is 1.63. The highest BCUT2D eigenvalue weighted by molar-refractivity contribution is 5.86. The summed E-state index contributed by atoms with van der Waals surface area (Å²) in [5.74, 6) is 0.658. The number of aromatic nitrogens is 4. The number of aromatic hydroxyl groups is 1. The summed E-state index contributed by atoms with van der Waals surface area (Å²) in [4.78, 5) is 18.8. The molecule has 4 unspecified atom stereocenters. The van der Waals surface area contributed by atoms with Gasteiger partial charge in [-0.25, -0.2) is 9.37 Å². The highest BCUT2D eigenvalue weighted by Gasteiger charge is 2.46. The van der Waals surface area contributed by atoms with Crippen molar-refractivity contribution in [2.45, 2.75) is 68.9 Å². The predicted molar refractivity (Wildman–Crippen MR) is 123 cm³/mol. The molecule has 1 aromatic carbocycles. The number of benzene rings is 1. The number of hydrogen-bond acceptors (Lipinski definition) is 7. The topological polar surface area (TPSA) is 96.2 Å². The molecule has 8 nitrogen and oxygen atoms in total. The summed E-state index contributed by atoms with van der Waals surface area (Å²) in [5.41, 5.74) is 1.11. The highest BCUT2D eigenvalue weighted by atomic mass is 19.1. The Labute approximate surface area is 190 Å². The van der Waals surface area contributed by atoms with E-state index < -0.39 is 6.17 Å². The number of phenolic OH excluding ortho intramolecular Hbond substituents is 1. The Morgan fingerprint density at radius 2 is 2.03 bits per heavy atom. The maximum atomic E-state index is 15.4. The molecule has 9 heteroatoms. The van der Waals surface area contributed by atoms with Crippen LogP contribution < -0.4 is 15.8 Å². The van der Waals surface area contributed by atoms with Crippen molar-refractivity contribution in [1.29, 1.82) is 0 Å². The quantitative estimate of drug-likeness (QED) is 0.631. The van der Waals surface area contributed by atoms with E-state index in [9.17, 15) is 9.90 Å². The zero-order valence-corrected chi connectivity index (χ0v) is 18.5. The molecule has 2 saturated heterocycles. The minimum atomic E-state index is -0.933. The summed E-state index contributed by atoms with van der Waals surface area (Å²) >= 11 is 0. The van der Waals surface area contributed by atoms with Crippen molar-refractivity contribution in [2.75, 3.05) is 4.90 Å². The normalized spacial score (nSPS) is 27.0. The Balaban J connectivity index is 1.34. The predicted octanol–water partition coefficient (Wildman–Crippen LogP) is 2.69. The van der Waals surface area contributed by atoms with E-state index in [1.165, 1.54) is 17.0 Å². The van der Waals surface area contributed by atoms with Crippen LogP contribution in [-0.2, 0) is 7.05 Å². The molecule has 0 radical (unpaired) electrons. The SMILES string of the molecule is Cn1cnc2cc(O)c(-c3ccc(N(C4CC4)C4CC5CCCC(N5)C4F)nn3)cc2c1=O. The molecule has 2 aliphatic heterocycles. The Morgan fingerprint density at radius 3 is 2.79 bits per heavy atom. The number of rotatable bonds is 4. The lowest BCUT2D eigenvalue weighted by Gasteiger charge is -2.47. The van der Waals surface area contributed by atoms with Crippen molar-refractivity contribution in [2.24, 2.45) is 7.05 Å². The van der Waals surface area contributed by atoms with E-state index >= 15 is 4.39 Å². The molecule has 172 valence electrons. The summed E-state index contributed by atoms with van der Waals surface area (Å²) in [6, 6.07) is 7.10. The molecular weight excluding hydrogens is 423 g/mol. The lowest BCUT2D eigenvalue weighted by atomic mass is 9.82. The summed E-state index contributed by atoms with van der Waals surface area (Å²) in [5, 5.41) is 23.2. The zero-order valence-electron chi connectivity index (χ0n) is 18.5. The molecule has 33 heavy (non-hydrogen) atoms. The minimum absolute atomic E-state index is 0.0145. The minimum Gasteiger partial charge on any atom is -0.507 e. The van der Waals surface area contributed by atoms with Crippen LogP contribution in [0.2, 0.25) is 0 Å². The lowest BCUT2D eigenvalue weighted by molar-refractivity contribution is 0.104. The number of anilines is 1. The van der Waals surface area contributed by atoms with Gasteiger partial charge in [0.2, 0.25) is 0 Å². The zero-order chi connectivity index (χ0) is 22.7. The molecule has 2 aromatic heterocycles. The summed E-state index contributed by atoms with van der Waals surface area (Å²) in [6.07, 6.45) is 6.41.